The van der Waals surface area contributed by atoms with Gasteiger partial charge in [-0.1, -0.05) is 30.3 Å². The maximum Gasteiger partial charge on any atom is 0.410 e. The number of nitrogens with zero attached hydrogens (tertiary/aromatic N) is 2. The number of fused-ring (bicyclic) bond motifs is 1. The lowest BCUT2D eigenvalue weighted by Gasteiger charge is -2.26. The smallest absolute Gasteiger partial charge is 0.410 e. The van der Waals surface area contributed by atoms with Crippen LogP contribution in [-0.4, -0.2) is 53.9 Å². The van der Waals surface area contributed by atoms with E-state index < -0.39 is 35.6 Å². The van der Waals surface area contributed by atoms with Gasteiger partial charge in [-0.2, -0.15) is 0 Å². The van der Waals surface area contributed by atoms with Crippen LogP contribution in [0.1, 0.15) is 36.8 Å². The number of guanidine groups is 1. The van der Waals surface area contributed by atoms with Crippen molar-refractivity contribution in [2.24, 2.45) is 16.5 Å². The van der Waals surface area contributed by atoms with Crippen molar-refractivity contribution in [3.8, 4) is 0 Å². The molecule has 1 saturated heterocycles. The Bertz CT molecular complexity index is 1490. The molecule has 1 fully saturated rings. The second-order valence-electron chi connectivity index (χ2n) is 9.85. The van der Waals surface area contributed by atoms with Crippen LogP contribution in [0.3, 0.4) is 0 Å². The standard InChI is InChI=1S/C29H34N6O6.ClH/c1-18-15-25(36)41-24-16-20(11-12-21(18)24)33-26(37)22(9-5-13-32-28(30)31)34-27(38)23-10-6-14-35(23)29(39)40-17-19-7-3-2-4-8-19;/h2-4,7-8,11-12,15-16,22-23H,5-6,9-10,13-14,17H2,1H3,(H,33,37)(H,34,38)(H4,30,31,32);1H. The molecule has 1 aliphatic rings. The van der Waals surface area contributed by atoms with Crippen LogP contribution in [0.4, 0.5) is 10.5 Å². The fraction of sp³-hybridized carbons (Fsp3) is 0.345. The van der Waals surface area contributed by atoms with E-state index >= 15 is 0 Å². The highest BCUT2D eigenvalue weighted by Gasteiger charge is 2.36. The number of benzene rings is 2. The summed E-state index contributed by atoms with van der Waals surface area (Å²) in [7, 11) is 0. The molecule has 1 aliphatic heterocycles. The number of aryl methyl sites for hydroxylation is 1. The van der Waals surface area contributed by atoms with E-state index in [1.807, 2.05) is 30.3 Å². The second kappa shape index (κ2) is 14.9. The zero-order valence-electron chi connectivity index (χ0n) is 23.2. The highest BCUT2D eigenvalue weighted by atomic mass is 35.5. The monoisotopic (exact) mass is 598 g/mol. The molecule has 0 saturated carbocycles. The van der Waals surface area contributed by atoms with Gasteiger partial charge in [0, 0.05) is 36.3 Å². The fourth-order valence-electron chi connectivity index (χ4n) is 4.73. The number of amides is 3. The Morgan fingerprint density at radius 2 is 1.90 bits per heavy atom. The number of nitrogens with two attached hydrogens (primary N) is 2. The van der Waals surface area contributed by atoms with Gasteiger partial charge in [0.25, 0.3) is 0 Å². The molecule has 0 radical (unpaired) electrons. The van der Waals surface area contributed by atoms with Gasteiger partial charge in [-0.05, 0) is 55.9 Å². The quantitative estimate of drug-likeness (QED) is 0.119. The predicted molar refractivity (Wildman–Crippen MR) is 161 cm³/mol. The van der Waals surface area contributed by atoms with Crippen molar-refractivity contribution < 1.29 is 23.5 Å². The Labute approximate surface area is 248 Å². The van der Waals surface area contributed by atoms with Crippen molar-refractivity contribution in [2.45, 2.75) is 51.3 Å². The van der Waals surface area contributed by atoms with E-state index in [0.29, 0.717) is 37.1 Å². The van der Waals surface area contributed by atoms with Crippen LogP contribution < -0.4 is 27.7 Å². The Kier molecular flexibility index (Phi) is 11.3. The number of likely N-dealkylation sites (tertiary alicyclic amines) is 1. The first-order chi connectivity index (χ1) is 19.7. The van der Waals surface area contributed by atoms with Crippen LogP contribution in [0.25, 0.3) is 11.0 Å². The third kappa shape index (κ3) is 8.46. The summed E-state index contributed by atoms with van der Waals surface area (Å²) in [5, 5.41) is 6.32. The third-order valence-corrected chi connectivity index (χ3v) is 6.79. The van der Waals surface area contributed by atoms with Gasteiger partial charge in [0.05, 0.1) is 0 Å². The van der Waals surface area contributed by atoms with Crippen LogP contribution in [-0.2, 0) is 20.9 Å². The number of hydrogen-bond acceptors (Lipinski definition) is 7. The minimum absolute atomic E-state index is 0. The highest BCUT2D eigenvalue weighted by molar-refractivity contribution is 5.99. The van der Waals surface area contributed by atoms with Crippen LogP contribution in [0.2, 0.25) is 0 Å². The first kappa shape index (κ1) is 31.9. The molecule has 12 nitrogen and oxygen atoms in total. The molecule has 6 N–H and O–H groups in total. The van der Waals surface area contributed by atoms with E-state index in [1.165, 1.54) is 11.0 Å². The number of anilines is 1. The number of carbonyl (C=O) groups is 3. The summed E-state index contributed by atoms with van der Waals surface area (Å²) in [4.78, 5) is 56.6. The summed E-state index contributed by atoms with van der Waals surface area (Å²) >= 11 is 0. The van der Waals surface area contributed by atoms with E-state index in [4.69, 9.17) is 20.6 Å². The normalized spacial score (nSPS) is 14.9. The molecule has 224 valence electrons. The van der Waals surface area contributed by atoms with E-state index in [9.17, 15) is 19.2 Å². The van der Waals surface area contributed by atoms with E-state index in [0.717, 1.165) is 16.5 Å². The van der Waals surface area contributed by atoms with E-state index in [-0.39, 0.29) is 37.9 Å². The predicted octanol–water partition coefficient (Wildman–Crippen LogP) is 2.80. The lowest BCUT2D eigenvalue weighted by molar-refractivity contribution is -0.129. The Hall–Kier alpha value is -4.58. The first-order valence-corrected chi connectivity index (χ1v) is 13.4. The molecule has 13 heteroatoms. The van der Waals surface area contributed by atoms with Crippen LogP contribution in [0, 0.1) is 6.92 Å². The lowest BCUT2D eigenvalue weighted by atomic mass is 10.1. The lowest BCUT2D eigenvalue weighted by Crippen LogP contribution is -2.52. The average Bonchev–Trinajstić information content (AvgIpc) is 3.44. The Morgan fingerprint density at radius 3 is 2.64 bits per heavy atom. The SMILES string of the molecule is Cc1cc(=O)oc2cc(NC(=O)C(CCCN=C(N)N)NC(=O)C3CCCN3C(=O)OCc3ccccc3)ccc12.Cl. The van der Waals surface area contributed by atoms with Crippen molar-refractivity contribution in [3.63, 3.8) is 0 Å². The molecule has 2 atom stereocenters. The molecule has 2 aromatic carbocycles. The molecule has 1 aromatic heterocycles. The van der Waals surface area contributed by atoms with Gasteiger partial charge in [0.15, 0.2) is 5.96 Å². The van der Waals surface area contributed by atoms with Crippen molar-refractivity contribution in [2.75, 3.05) is 18.4 Å². The topological polar surface area (TPSA) is 182 Å². The molecule has 2 unspecified atom stereocenters. The molecule has 3 amide bonds. The van der Waals surface area contributed by atoms with Gasteiger partial charge >= 0.3 is 11.7 Å². The summed E-state index contributed by atoms with van der Waals surface area (Å²) in [5.74, 6) is -1.01. The molecule has 42 heavy (non-hydrogen) atoms. The molecule has 2 heterocycles. The third-order valence-electron chi connectivity index (χ3n) is 6.79. The fourth-order valence-corrected chi connectivity index (χ4v) is 4.73. The van der Waals surface area contributed by atoms with Crippen molar-refractivity contribution in [1.82, 2.24) is 10.2 Å². The number of rotatable bonds is 10. The van der Waals surface area contributed by atoms with Crippen LogP contribution >= 0.6 is 12.4 Å². The molecular formula is C29H35ClN6O6. The maximum absolute atomic E-state index is 13.3. The van der Waals surface area contributed by atoms with Gasteiger partial charge in [-0.3, -0.25) is 19.5 Å². The molecule has 0 aliphatic carbocycles. The second-order valence-corrected chi connectivity index (χ2v) is 9.85. The minimum atomic E-state index is -0.945. The maximum atomic E-state index is 13.3. The molecule has 4 rings (SSSR count). The van der Waals surface area contributed by atoms with Crippen molar-refractivity contribution >= 4 is 52.9 Å². The van der Waals surface area contributed by atoms with Gasteiger partial charge in [-0.25, -0.2) is 9.59 Å². The summed E-state index contributed by atoms with van der Waals surface area (Å²) in [6.45, 7) is 2.52. The summed E-state index contributed by atoms with van der Waals surface area (Å²) in [6.07, 6.45) is 1.13. The van der Waals surface area contributed by atoms with Crippen LogP contribution in [0.5, 0.6) is 0 Å². The number of nitrogens with one attached hydrogen (secondary N) is 2. The van der Waals surface area contributed by atoms with Gasteiger partial charge in [-0.15, -0.1) is 12.4 Å². The summed E-state index contributed by atoms with van der Waals surface area (Å²) < 4.78 is 10.7. The number of carbonyl (C=O) groups excluding carboxylic acids is 3. The average molecular weight is 599 g/mol. The Balaban J connectivity index is 0.00000484. The zero-order chi connectivity index (χ0) is 29.4. The first-order valence-electron chi connectivity index (χ1n) is 13.4. The van der Waals surface area contributed by atoms with Crippen LogP contribution in [0.15, 0.2) is 68.8 Å². The number of ether oxygens (including phenoxy) is 1. The molecule has 0 bridgehead atoms. The van der Waals surface area contributed by atoms with Gasteiger partial charge in [0.1, 0.15) is 24.3 Å². The summed E-state index contributed by atoms with van der Waals surface area (Å²) in [6, 6.07) is 13.9. The number of halogens is 1. The summed E-state index contributed by atoms with van der Waals surface area (Å²) in [5.41, 5.74) is 12.6. The van der Waals surface area contributed by atoms with Crippen molar-refractivity contribution in [1.29, 1.82) is 0 Å². The zero-order valence-corrected chi connectivity index (χ0v) is 24.0. The Morgan fingerprint density at radius 1 is 1.14 bits per heavy atom. The van der Waals surface area contributed by atoms with Gasteiger partial charge in [0.2, 0.25) is 11.8 Å². The number of hydrogen-bond donors (Lipinski definition) is 4. The van der Waals surface area contributed by atoms with E-state index in [2.05, 4.69) is 15.6 Å². The molecule has 0 spiro atoms. The largest absolute Gasteiger partial charge is 0.445 e. The van der Waals surface area contributed by atoms with Gasteiger partial charge < -0.3 is 31.3 Å². The highest BCUT2D eigenvalue weighted by Crippen LogP contribution is 2.22. The number of aliphatic imine (C=N–C) groups is 1. The van der Waals surface area contributed by atoms with Crippen molar-refractivity contribution in [3.05, 3.63) is 76.1 Å². The van der Waals surface area contributed by atoms with E-state index in [1.54, 1.807) is 25.1 Å². The molecule has 3 aromatic rings. The minimum Gasteiger partial charge on any atom is -0.445 e. The molecular weight excluding hydrogens is 564 g/mol.